The van der Waals surface area contributed by atoms with Gasteiger partial charge >= 0.3 is 0 Å². The molecule has 1 saturated carbocycles. The van der Waals surface area contributed by atoms with Gasteiger partial charge in [-0.2, -0.15) is 0 Å². The predicted octanol–water partition coefficient (Wildman–Crippen LogP) is 3.45. The average molecular weight is 309 g/mol. The number of aryl methyl sites for hydroxylation is 1. The number of rotatable bonds is 1. The van der Waals surface area contributed by atoms with Crippen LogP contribution in [0.2, 0.25) is 0 Å². The average Bonchev–Trinajstić information content (AvgIpc) is 2.53. The summed E-state index contributed by atoms with van der Waals surface area (Å²) in [6, 6.07) is 2.82. The van der Waals surface area contributed by atoms with Gasteiger partial charge < -0.3 is 9.64 Å². The third-order valence-corrected chi connectivity index (χ3v) is 4.81. The fraction of sp³-hybridized carbons (Fsp3) is 0.588. The van der Waals surface area contributed by atoms with Gasteiger partial charge in [0.05, 0.1) is 24.3 Å². The van der Waals surface area contributed by atoms with Crippen molar-refractivity contribution in [3.05, 3.63) is 34.9 Å². The first-order chi connectivity index (χ1) is 10.5. The fourth-order valence-electron chi connectivity index (χ4n) is 3.50. The fourth-order valence-corrected chi connectivity index (χ4v) is 3.50. The van der Waals surface area contributed by atoms with Crippen LogP contribution in [0.4, 0.5) is 8.78 Å². The molecular formula is C17H21F2NO2. The Hall–Kier alpha value is -1.49. The molecule has 1 aliphatic carbocycles. The summed E-state index contributed by atoms with van der Waals surface area (Å²) >= 11 is 0. The molecule has 1 heterocycles. The van der Waals surface area contributed by atoms with Crippen LogP contribution in [0.15, 0.2) is 12.1 Å². The first-order valence-corrected chi connectivity index (χ1v) is 7.90. The third kappa shape index (κ3) is 2.74. The molecule has 1 aromatic rings. The quantitative estimate of drug-likeness (QED) is 0.795. The van der Waals surface area contributed by atoms with E-state index >= 15 is 0 Å². The highest BCUT2D eigenvalue weighted by atomic mass is 19.2. The lowest BCUT2D eigenvalue weighted by Gasteiger charge is -2.45. The van der Waals surface area contributed by atoms with E-state index in [0.29, 0.717) is 19.7 Å². The van der Waals surface area contributed by atoms with Crippen molar-refractivity contribution >= 4 is 5.91 Å². The summed E-state index contributed by atoms with van der Waals surface area (Å²) in [7, 11) is 0. The summed E-state index contributed by atoms with van der Waals surface area (Å²) in [6.45, 7) is 2.84. The summed E-state index contributed by atoms with van der Waals surface area (Å²) in [6.07, 6.45) is 5.24. The Kier molecular flexibility index (Phi) is 4.17. The van der Waals surface area contributed by atoms with Gasteiger partial charge in [0, 0.05) is 6.54 Å². The number of hydrogen-bond donors (Lipinski definition) is 0. The topological polar surface area (TPSA) is 29.5 Å². The van der Waals surface area contributed by atoms with E-state index in [0.717, 1.165) is 25.7 Å². The minimum absolute atomic E-state index is 0.184. The van der Waals surface area contributed by atoms with Gasteiger partial charge in [-0.05, 0) is 31.4 Å². The molecule has 1 aliphatic heterocycles. The van der Waals surface area contributed by atoms with Crippen molar-refractivity contribution in [2.45, 2.75) is 44.6 Å². The molecular weight excluding hydrogens is 288 g/mol. The van der Waals surface area contributed by atoms with E-state index in [1.165, 1.54) is 25.5 Å². The molecule has 1 spiro atoms. The van der Waals surface area contributed by atoms with Crippen LogP contribution in [0.3, 0.4) is 0 Å². The summed E-state index contributed by atoms with van der Waals surface area (Å²) in [5.74, 6) is -2.43. The summed E-state index contributed by atoms with van der Waals surface area (Å²) in [4.78, 5) is 14.2. The van der Waals surface area contributed by atoms with Gasteiger partial charge in [0.15, 0.2) is 11.6 Å². The molecule has 0 atom stereocenters. The zero-order valence-electron chi connectivity index (χ0n) is 12.8. The van der Waals surface area contributed by atoms with Crippen LogP contribution in [0, 0.1) is 18.6 Å². The molecule has 1 amide bonds. The summed E-state index contributed by atoms with van der Waals surface area (Å²) in [5, 5.41) is 0. The van der Waals surface area contributed by atoms with Gasteiger partial charge in [-0.3, -0.25) is 4.79 Å². The molecule has 120 valence electrons. The predicted molar refractivity (Wildman–Crippen MR) is 78.8 cm³/mol. The maximum Gasteiger partial charge on any atom is 0.257 e. The minimum atomic E-state index is -1.05. The van der Waals surface area contributed by atoms with Crippen molar-refractivity contribution in [3.8, 4) is 0 Å². The number of benzene rings is 1. The Morgan fingerprint density at radius 1 is 1.18 bits per heavy atom. The van der Waals surface area contributed by atoms with E-state index in [1.54, 1.807) is 4.90 Å². The molecule has 0 bridgehead atoms. The largest absolute Gasteiger partial charge is 0.371 e. The number of morpholine rings is 1. The number of carbonyl (C=O) groups excluding carboxylic acids is 1. The molecule has 3 rings (SSSR count). The van der Waals surface area contributed by atoms with Crippen molar-refractivity contribution in [1.82, 2.24) is 4.90 Å². The van der Waals surface area contributed by atoms with Crippen molar-refractivity contribution in [2.24, 2.45) is 0 Å². The normalized spacial score (nSPS) is 21.1. The van der Waals surface area contributed by atoms with Gasteiger partial charge in [0.25, 0.3) is 5.91 Å². The Bertz CT molecular complexity index is 577. The number of hydrogen-bond acceptors (Lipinski definition) is 2. The van der Waals surface area contributed by atoms with Gasteiger partial charge in [0.1, 0.15) is 0 Å². The van der Waals surface area contributed by atoms with Crippen molar-refractivity contribution < 1.29 is 18.3 Å². The second-order valence-electron chi connectivity index (χ2n) is 6.38. The lowest BCUT2D eigenvalue weighted by molar-refractivity contribution is -0.117. The van der Waals surface area contributed by atoms with E-state index in [-0.39, 0.29) is 16.7 Å². The first-order valence-electron chi connectivity index (χ1n) is 7.90. The van der Waals surface area contributed by atoms with E-state index < -0.39 is 17.5 Å². The maximum atomic E-state index is 14.0. The molecule has 5 heteroatoms. The number of halogens is 2. The number of nitrogens with zero attached hydrogens (tertiary/aromatic N) is 1. The van der Waals surface area contributed by atoms with Crippen LogP contribution < -0.4 is 0 Å². The molecule has 2 fully saturated rings. The van der Waals surface area contributed by atoms with Crippen LogP contribution in [-0.4, -0.2) is 36.1 Å². The van der Waals surface area contributed by atoms with Gasteiger partial charge in [-0.1, -0.05) is 25.3 Å². The Labute approximate surface area is 129 Å². The van der Waals surface area contributed by atoms with Crippen LogP contribution in [-0.2, 0) is 4.74 Å². The van der Waals surface area contributed by atoms with Crippen molar-refractivity contribution in [1.29, 1.82) is 0 Å². The molecule has 2 aliphatic rings. The summed E-state index contributed by atoms with van der Waals surface area (Å²) < 4.78 is 33.7. The van der Waals surface area contributed by atoms with Gasteiger partial charge in [0.2, 0.25) is 0 Å². The minimum Gasteiger partial charge on any atom is -0.371 e. The van der Waals surface area contributed by atoms with E-state index in [2.05, 4.69) is 0 Å². The monoisotopic (exact) mass is 309 g/mol. The molecule has 3 nitrogen and oxygen atoms in total. The van der Waals surface area contributed by atoms with Crippen LogP contribution in [0.5, 0.6) is 0 Å². The standard InChI is InChI=1S/C17H21F2NO2/c1-12-5-6-13(15(19)14(12)18)16(21)20-9-10-22-17(11-20)7-3-2-4-8-17/h5-6H,2-4,7-11H2,1H3. The number of amides is 1. The van der Waals surface area contributed by atoms with Crippen LogP contribution in [0.25, 0.3) is 0 Å². The van der Waals surface area contributed by atoms with Gasteiger partial charge in [-0.15, -0.1) is 0 Å². The maximum absolute atomic E-state index is 14.0. The Balaban J connectivity index is 1.81. The second-order valence-corrected chi connectivity index (χ2v) is 6.38. The Morgan fingerprint density at radius 3 is 2.64 bits per heavy atom. The van der Waals surface area contributed by atoms with E-state index in [4.69, 9.17) is 4.74 Å². The third-order valence-electron chi connectivity index (χ3n) is 4.81. The number of ether oxygens (including phenoxy) is 1. The van der Waals surface area contributed by atoms with Gasteiger partial charge in [-0.25, -0.2) is 8.78 Å². The van der Waals surface area contributed by atoms with E-state index in [9.17, 15) is 13.6 Å². The second kappa shape index (κ2) is 5.95. The van der Waals surface area contributed by atoms with E-state index in [1.807, 2.05) is 0 Å². The molecule has 0 N–H and O–H groups in total. The molecule has 22 heavy (non-hydrogen) atoms. The zero-order chi connectivity index (χ0) is 15.7. The van der Waals surface area contributed by atoms with Crippen LogP contribution >= 0.6 is 0 Å². The SMILES string of the molecule is Cc1ccc(C(=O)N2CCOC3(CCCCC3)C2)c(F)c1F. The smallest absolute Gasteiger partial charge is 0.257 e. The molecule has 1 saturated heterocycles. The van der Waals surface area contributed by atoms with Crippen LogP contribution in [0.1, 0.15) is 48.0 Å². The first kappa shape index (κ1) is 15.4. The molecule has 0 unspecified atom stereocenters. The number of carbonyl (C=O) groups is 1. The highest BCUT2D eigenvalue weighted by Gasteiger charge is 2.39. The molecule has 0 aromatic heterocycles. The zero-order valence-corrected chi connectivity index (χ0v) is 12.8. The highest BCUT2D eigenvalue weighted by molar-refractivity contribution is 5.94. The lowest BCUT2D eigenvalue weighted by atomic mass is 9.83. The highest BCUT2D eigenvalue weighted by Crippen LogP contribution is 2.35. The lowest BCUT2D eigenvalue weighted by Crippen LogP contribution is -2.54. The van der Waals surface area contributed by atoms with Crippen molar-refractivity contribution in [2.75, 3.05) is 19.7 Å². The summed E-state index contributed by atoms with van der Waals surface area (Å²) in [5.41, 5.74) is -0.262. The molecule has 0 radical (unpaired) electrons. The Morgan fingerprint density at radius 2 is 1.91 bits per heavy atom. The molecule has 1 aromatic carbocycles. The van der Waals surface area contributed by atoms with Crippen molar-refractivity contribution in [3.63, 3.8) is 0 Å².